The van der Waals surface area contributed by atoms with Crippen LogP contribution >= 0.6 is 0 Å². The van der Waals surface area contributed by atoms with Crippen molar-refractivity contribution in [2.45, 2.75) is 0 Å². The van der Waals surface area contributed by atoms with E-state index in [-0.39, 0.29) is 11.7 Å². The second-order valence-electron chi connectivity index (χ2n) is 3.85. The Labute approximate surface area is 105 Å². The van der Waals surface area contributed by atoms with Gasteiger partial charge >= 0.3 is 0 Å². The highest BCUT2D eigenvalue weighted by molar-refractivity contribution is 5.91. The van der Waals surface area contributed by atoms with Gasteiger partial charge in [0.05, 0.1) is 5.69 Å². The molecular weight excluding hydrogens is 228 g/mol. The summed E-state index contributed by atoms with van der Waals surface area (Å²) in [6.45, 7) is 0. The number of hydrazine groups is 1. The lowest BCUT2D eigenvalue weighted by Gasteiger charge is -2.16. The van der Waals surface area contributed by atoms with Gasteiger partial charge in [-0.1, -0.05) is 24.3 Å². The van der Waals surface area contributed by atoms with Gasteiger partial charge in [-0.15, -0.1) is 0 Å². The number of phenols is 1. The standard InChI is InChI=1S/C13H14N4O/c14-13(15)17(16)11-5-1-9(2-6-11)10-3-7-12(18)8-4-10/h1-8,18H,16H2,(H3,14,15). The normalized spacial score (nSPS) is 10.1. The molecule has 6 N–H and O–H groups in total. The number of aromatic hydroxyl groups is 1. The summed E-state index contributed by atoms with van der Waals surface area (Å²) < 4.78 is 0. The molecule has 0 heterocycles. The van der Waals surface area contributed by atoms with Crippen LogP contribution < -0.4 is 16.6 Å². The van der Waals surface area contributed by atoms with Gasteiger partial charge in [0.2, 0.25) is 5.96 Å². The Bertz CT molecular complexity index is 548. The van der Waals surface area contributed by atoms with Gasteiger partial charge in [0.15, 0.2) is 0 Å². The fourth-order valence-corrected chi connectivity index (χ4v) is 1.61. The van der Waals surface area contributed by atoms with Crippen molar-refractivity contribution >= 4 is 11.6 Å². The minimum absolute atomic E-state index is 0.215. The second kappa shape index (κ2) is 4.77. The highest BCUT2D eigenvalue weighted by atomic mass is 16.3. The van der Waals surface area contributed by atoms with E-state index in [0.717, 1.165) is 16.1 Å². The summed E-state index contributed by atoms with van der Waals surface area (Å²) in [5.41, 5.74) is 7.92. The van der Waals surface area contributed by atoms with E-state index in [1.807, 2.05) is 24.3 Å². The number of anilines is 1. The molecule has 0 aliphatic rings. The lowest BCUT2D eigenvalue weighted by molar-refractivity contribution is 0.475. The Hall–Kier alpha value is -2.53. The smallest absolute Gasteiger partial charge is 0.207 e. The SMILES string of the molecule is N=C(N)N(N)c1ccc(-c2ccc(O)cc2)cc1. The largest absolute Gasteiger partial charge is 0.508 e. The average Bonchev–Trinajstić information content (AvgIpc) is 2.39. The van der Waals surface area contributed by atoms with Crippen LogP contribution in [0.4, 0.5) is 5.69 Å². The van der Waals surface area contributed by atoms with E-state index < -0.39 is 0 Å². The van der Waals surface area contributed by atoms with Gasteiger partial charge in [-0.3, -0.25) is 5.41 Å². The minimum atomic E-state index is -0.215. The molecule has 0 saturated carbocycles. The Kier molecular flexibility index (Phi) is 3.16. The molecule has 0 fully saturated rings. The highest BCUT2D eigenvalue weighted by Gasteiger charge is 2.04. The topological polar surface area (TPSA) is 99.4 Å². The molecule has 5 heteroatoms. The third kappa shape index (κ3) is 2.41. The quantitative estimate of drug-likeness (QED) is 0.278. The molecule has 0 amide bonds. The summed E-state index contributed by atoms with van der Waals surface area (Å²) in [4.78, 5) is 0. The van der Waals surface area contributed by atoms with Crippen molar-refractivity contribution < 1.29 is 5.11 Å². The van der Waals surface area contributed by atoms with Crippen molar-refractivity contribution in [3.63, 3.8) is 0 Å². The van der Waals surface area contributed by atoms with Crippen LogP contribution in [0.15, 0.2) is 48.5 Å². The first-order chi connectivity index (χ1) is 8.58. The van der Waals surface area contributed by atoms with E-state index in [0.29, 0.717) is 5.69 Å². The second-order valence-corrected chi connectivity index (χ2v) is 3.85. The third-order valence-electron chi connectivity index (χ3n) is 2.61. The molecule has 0 saturated heterocycles. The summed E-state index contributed by atoms with van der Waals surface area (Å²) in [5.74, 6) is 5.62. The molecule has 0 radical (unpaired) electrons. The van der Waals surface area contributed by atoms with Gasteiger partial charge in [-0.25, -0.2) is 10.9 Å². The van der Waals surface area contributed by atoms with Gasteiger partial charge in [0.25, 0.3) is 0 Å². The van der Waals surface area contributed by atoms with Crippen molar-refractivity contribution in [2.75, 3.05) is 5.01 Å². The number of nitrogens with one attached hydrogen (secondary N) is 1. The first kappa shape index (κ1) is 11.9. The molecule has 2 aromatic rings. The molecule has 5 nitrogen and oxygen atoms in total. The monoisotopic (exact) mass is 242 g/mol. The Morgan fingerprint density at radius 2 is 1.39 bits per heavy atom. The average molecular weight is 242 g/mol. The number of rotatable bonds is 2. The zero-order valence-electron chi connectivity index (χ0n) is 9.67. The molecule has 92 valence electrons. The summed E-state index contributed by atoms with van der Waals surface area (Å²) in [6.07, 6.45) is 0. The minimum Gasteiger partial charge on any atom is -0.508 e. The van der Waals surface area contributed by atoms with Crippen molar-refractivity contribution in [3.8, 4) is 16.9 Å². The number of nitrogens with two attached hydrogens (primary N) is 2. The molecule has 0 aliphatic carbocycles. The van der Waals surface area contributed by atoms with E-state index in [1.165, 1.54) is 0 Å². The van der Waals surface area contributed by atoms with Crippen molar-refractivity contribution in [1.29, 1.82) is 5.41 Å². The van der Waals surface area contributed by atoms with Gasteiger partial charge in [0, 0.05) is 0 Å². The van der Waals surface area contributed by atoms with Gasteiger partial charge in [-0.2, -0.15) is 0 Å². The summed E-state index contributed by atoms with van der Waals surface area (Å²) in [7, 11) is 0. The van der Waals surface area contributed by atoms with Crippen LogP contribution in [0.1, 0.15) is 0 Å². The molecule has 0 aliphatic heterocycles. The van der Waals surface area contributed by atoms with Crippen molar-refractivity contribution in [1.82, 2.24) is 0 Å². The van der Waals surface area contributed by atoms with E-state index in [4.69, 9.17) is 17.0 Å². The maximum atomic E-state index is 9.22. The van der Waals surface area contributed by atoms with Crippen LogP contribution in [-0.2, 0) is 0 Å². The summed E-state index contributed by atoms with van der Waals surface area (Å²) in [5, 5.41) is 17.5. The van der Waals surface area contributed by atoms with Crippen LogP contribution in [0, 0.1) is 5.41 Å². The first-order valence-electron chi connectivity index (χ1n) is 5.36. The molecule has 18 heavy (non-hydrogen) atoms. The molecule has 0 aromatic heterocycles. The molecule has 0 spiro atoms. The number of benzene rings is 2. The maximum absolute atomic E-state index is 9.22. The molecule has 0 unspecified atom stereocenters. The summed E-state index contributed by atoms with van der Waals surface area (Å²) >= 11 is 0. The molecule has 0 bridgehead atoms. The van der Waals surface area contributed by atoms with E-state index in [1.54, 1.807) is 24.3 Å². The maximum Gasteiger partial charge on any atom is 0.207 e. The van der Waals surface area contributed by atoms with E-state index >= 15 is 0 Å². The Balaban J connectivity index is 2.27. The number of hydrogen-bond donors (Lipinski definition) is 4. The highest BCUT2D eigenvalue weighted by Crippen LogP contribution is 2.23. The van der Waals surface area contributed by atoms with Crippen LogP contribution in [-0.4, -0.2) is 11.1 Å². The van der Waals surface area contributed by atoms with Crippen LogP contribution in [0.5, 0.6) is 5.75 Å². The number of hydrogen-bond acceptors (Lipinski definition) is 3. The van der Waals surface area contributed by atoms with Crippen molar-refractivity contribution in [3.05, 3.63) is 48.5 Å². The molecule has 0 atom stereocenters. The van der Waals surface area contributed by atoms with Crippen LogP contribution in [0.3, 0.4) is 0 Å². The van der Waals surface area contributed by atoms with Crippen molar-refractivity contribution in [2.24, 2.45) is 11.6 Å². The lowest BCUT2D eigenvalue weighted by Crippen LogP contribution is -2.42. The zero-order chi connectivity index (χ0) is 13.1. The predicted octanol–water partition coefficient (Wildman–Crippen LogP) is 1.63. The molecular formula is C13H14N4O. The molecule has 2 aromatic carbocycles. The van der Waals surface area contributed by atoms with Gasteiger partial charge in [-0.05, 0) is 35.4 Å². The number of phenolic OH excluding ortho intramolecular Hbond substituents is 1. The Morgan fingerprint density at radius 3 is 1.83 bits per heavy atom. The fraction of sp³-hybridized carbons (Fsp3) is 0. The number of nitrogens with zero attached hydrogens (tertiary/aromatic N) is 1. The predicted molar refractivity (Wildman–Crippen MR) is 72.1 cm³/mol. The first-order valence-corrected chi connectivity index (χ1v) is 5.36. The van der Waals surface area contributed by atoms with E-state index in [9.17, 15) is 5.11 Å². The van der Waals surface area contributed by atoms with Gasteiger partial charge < -0.3 is 10.8 Å². The lowest BCUT2D eigenvalue weighted by atomic mass is 10.1. The third-order valence-corrected chi connectivity index (χ3v) is 2.61. The van der Waals surface area contributed by atoms with Gasteiger partial charge in [0.1, 0.15) is 5.75 Å². The summed E-state index contributed by atoms with van der Waals surface area (Å²) in [6, 6.07) is 14.2. The van der Waals surface area contributed by atoms with E-state index in [2.05, 4.69) is 0 Å². The Morgan fingerprint density at radius 1 is 0.944 bits per heavy atom. The zero-order valence-corrected chi connectivity index (χ0v) is 9.67. The van der Waals surface area contributed by atoms with Crippen LogP contribution in [0.2, 0.25) is 0 Å². The van der Waals surface area contributed by atoms with Crippen LogP contribution in [0.25, 0.3) is 11.1 Å². The fourth-order valence-electron chi connectivity index (χ4n) is 1.61. The number of guanidine groups is 1. The molecule has 2 rings (SSSR count).